The number of nitrogens with one attached hydrogen (secondary N) is 2. The highest BCUT2D eigenvalue weighted by Crippen LogP contribution is 2.21. The van der Waals surface area contributed by atoms with Gasteiger partial charge in [0, 0.05) is 18.3 Å². The van der Waals surface area contributed by atoms with Crippen molar-refractivity contribution in [1.29, 1.82) is 0 Å². The highest BCUT2D eigenvalue weighted by atomic mass is 32.2. The molecule has 5 nitrogen and oxygen atoms in total. The maximum absolute atomic E-state index is 11.9. The molecule has 0 radical (unpaired) electrons. The second-order valence-electron chi connectivity index (χ2n) is 4.38. The number of hydrogen-bond acceptors (Lipinski definition) is 4. The molecule has 0 aliphatic carbocycles. The summed E-state index contributed by atoms with van der Waals surface area (Å²) in [6.07, 6.45) is 0. The van der Waals surface area contributed by atoms with Gasteiger partial charge in [0.05, 0.1) is 6.54 Å². The van der Waals surface area contributed by atoms with Gasteiger partial charge < -0.3 is 5.32 Å². The lowest BCUT2D eigenvalue weighted by molar-refractivity contribution is -0.119. The number of hydrogen-bond donors (Lipinski definition) is 2. The lowest BCUT2D eigenvalue weighted by Gasteiger charge is -2.06. The lowest BCUT2D eigenvalue weighted by Crippen LogP contribution is -2.26. The van der Waals surface area contributed by atoms with Crippen LogP contribution in [0.4, 0.5) is 0 Å². The van der Waals surface area contributed by atoms with Crippen molar-refractivity contribution in [2.24, 2.45) is 5.92 Å². The highest BCUT2D eigenvalue weighted by molar-refractivity contribution is 7.91. The molecule has 2 N–H and O–H groups in total. The summed E-state index contributed by atoms with van der Waals surface area (Å²) in [6, 6.07) is 3.27. The van der Waals surface area contributed by atoms with Crippen LogP contribution < -0.4 is 10.0 Å². The standard InChI is InChI=1S/C11H18N2O3S2/c1-8(2)6-13-18(15,16)11-5-4-10(17-11)7-12-9(3)14/h4-5,8,13H,6-7H2,1-3H3,(H,12,14). The fraction of sp³-hybridized carbons (Fsp3) is 0.545. The van der Waals surface area contributed by atoms with E-state index < -0.39 is 10.0 Å². The van der Waals surface area contributed by atoms with Gasteiger partial charge in [-0.15, -0.1) is 11.3 Å². The van der Waals surface area contributed by atoms with E-state index in [1.54, 1.807) is 12.1 Å². The minimum Gasteiger partial charge on any atom is -0.351 e. The van der Waals surface area contributed by atoms with E-state index in [2.05, 4.69) is 10.0 Å². The van der Waals surface area contributed by atoms with E-state index in [0.29, 0.717) is 13.1 Å². The third kappa shape index (κ3) is 4.75. The largest absolute Gasteiger partial charge is 0.351 e. The Bertz CT molecular complexity index is 506. The molecule has 0 aliphatic heterocycles. The fourth-order valence-corrected chi connectivity index (χ4v) is 3.71. The van der Waals surface area contributed by atoms with Gasteiger partial charge in [0.1, 0.15) is 4.21 Å². The second-order valence-corrected chi connectivity index (χ2v) is 7.54. The summed E-state index contributed by atoms with van der Waals surface area (Å²) in [5.41, 5.74) is 0. The Kier molecular flexibility index (Phi) is 5.30. The summed E-state index contributed by atoms with van der Waals surface area (Å²) in [6.45, 7) is 6.09. The van der Waals surface area contributed by atoms with Crippen molar-refractivity contribution in [2.75, 3.05) is 6.54 Å². The van der Waals surface area contributed by atoms with Crippen molar-refractivity contribution in [3.63, 3.8) is 0 Å². The van der Waals surface area contributed by atoms with Gasteiger partial charge in [-0.2, -0.15) is 0 Å². The van der Waals surface area contributed by atoms with Crippen molar-refractivity contribution in [3.05, 3.63) is 17.0 Å². The smallest absolute Gasteiger partial charge is 0.250 e. The normalized spacial score (nSPS) is 11.8. The quantitative estimate of drug-likeness (QED) is 0.829. The SMILES string of the molecule is CC(=O)NCc1ccc(S(=O)(=O)NCC(C)C)s1. The maximum Gasteiger partial charge on any atom is 0.250 e. The van der Waals surface area contributed by atoms with Crippen LogP contribution in [0.15, 0.2) is 16.3 Å². The van der Waals surface area contributed by atoms with E-state index in [0.717, 1.165) is 4.88 Å². The molecule has 0 atom stereocenters. The van der Waals surface area contributed by atoms with E-state index in [1.165, 1.54) is 18.3 Å². The molecule has 18 heavy (non-hydrogen) atoms. The van der Waals surface area contributed by atoms with Crippen LogP contribution in [-0.4, -0.2) is 20.9 Å². The lowest BCUT2D eigenvalue weighted by atomic mass is 10.2. The zero-order chi connectivity index (χ0) is 13.8. The van der Waals surface area contributed by atoms with E-state index in [-0.39, 0.29) is 16.0 Å². The summed E-state index contributed by atoms with van der Waals surface area (Å²) < 4.78 is 26.6. The number of carbonyl (C=O) groups is 1. The molecule has 7 heteroatoms. The van der Waals surface area contributed by atoms with Gasteiger partial charge in [0.15, 0.2) is 0 Å². The molecule has 0 aliphatic rings. The Morgan fingerprint density at radius 1 is 1.39 bits per heavy atom. The van der Waals surface area contributed by atoms with Crippen molar-refractivity contribution in [3.8, 4) is 0 Å². The molecular formula is C11H18N2O3S2. The number of rotatable bonds is 6. The zero-order valence-corrected chi connectivity index (χ0v) is 12.3. The Balaban J connectivity index is 2.69. The molecular weight excluding hydrogens is 272 g/mol. The first-order valence-corrected chi connectivity index (χ1v) is 7.94. The molecule has 0 saturated heterocycles. The Morgan fingerprint density at radius 2 is 2.06 bits per heavy atom. The molecule has 1 aromatic rings. The van der Waals surface area contributed by atoms with Crippen molar-refractivity contribution in [2.45, 2.75) is 31.5 Å². The molecule has 102 valence electrons. The Morgan fingerprint density at radius 3 is 2.61 bits per heavy atom. The van der Waals surface area contributed by atoms with Crippen LogP contribution in [0, 0.1) is 5.92 Å². The predicted octanol–water partition coefficient (Wildman–Crippen LogP) is 1.32. The van der Waals surface area contributed by atoms with Crippen LogP contribution in [-0.2, 0) is 21.4 Å². The Labute approximate surface area is 112 Å². The van der Waals surface area contributed by atoms with Gasteiger partial charge >= 0.3 is 0 Å². The summed E-state index contributed by atoms with van der Waals surface area (Å²) in [4.78, 5) is 11.6. The third-order valence-electron chi connectivity index (χ3n) is 2.10. The van der Waals surface area contributed by atoms with E-state index in [1.807, 2.05) is 13.8 Å². The van der Waals surface area contributed by atoms with Crippen LogP contribution in [0.1, 0.15) is 25.6 Å². The number of sulfonamides is 1. The van der Waals surface area contributed by atoms with Gasteiger partial charge in [-0.1, -0.05) is 13.8 Å². The van der Waals surface area contributed by atoms with Crippen LogP contribution in [0.25, 0.3) is 0 Å². The first-order valence-electron chi connectivity index (χ1n) is 5.64. The molecule has 1 heterocycles. The minimum atomic E-state index is -3.42. The number of amides is 1. The highest BCUT2D eigenvalue weighted by Gasteiger charge is 2.16. The summed E-state index contributed by atoms with van der Waals surface area (Å²) in [5, 5.41) is 2.63. The van der Waals surface area contributed by atoms with Gasteiger partial charge in [0.25, 0.3) is 0 Å². The summed E-state index contributed by atoms with van der Waals surface area (Å²) >= 11 is 1.17. The summed E-state index contributed by atoms with van der Waals surface area (Å²) in [7, 11) is -3.42. The third-order valence-corrected chi connectivity index (χ3v) is 5.10. The number of carbonyl (C=O) groups excluding carboxylic acids is 1. The van der Waals surface area contributed by atoms with Gasteiger partial charge in [0.2, 0.25) is 15.9 Å². The maximum atomic E-state index is 11.9. The molecule has 0 unspecified atom stereocenters. The Hall–Kier alpha value is -0.920. The second kappa shape index (κ2) is 6.31. The van der Waals surface area contributed by atoms with Crippen LogP contribution >= 0.6 is 11.3 Å². The summed E-state index contributed by atoms with van der Waals surface area (Å²) in [5.74, 6) is 0.129. The van der Waals surface area contributed by atoms with Gasteiger partial charge in [-0.25, -0.2) is 13.1 Å². The molecule has 1 aromatic heterocycles. The van der Waals surface area contributed by atoms with Crippen LogP contribution in [0.2, 0.25) is 0 Å². The van der Waals surface area contributed by atoms with Crippen molar-refractivity contribution >= 4 is 27.3 Å². The molecule has 0 aromatic carbocycles. The molecule has 1 rings (SSSR count). The molecule has 0 fully saturated rings. The van der Waals surface area contributed by atoms with E-state index in [9.17, 15) is 13.2 Å². The molecule has 1 amide bonds. The average Bonchev–Trinajstić information content (AvgIpc) is 2.73. The van der Waals surface area contributed by atoms with E-state index in [4.69, 9.17) is 0 Å². The minimum absolute atomic E-state index is 0.134. The zero-order valence-electron chi connectivity index (χ0n) is 10.7. The van der Waals surface area contributed by atoms with Gasteiger partial charge in [-0.05, 0) is 18.1 Å². The van der Waals surface area contributed by atoms with E-state index >= 15 is 0 Å². The first kappa shape index (κ1) is 15.1. The average molecular weight is 290 g/mol. The van der Waals surface area contributed by atoms with Crippen molar-refractivity contribution < 1.29 is 13.2 Å². The molecule has 0 saturated carbocycles. The monoisotopic (exact) mass is 290 g/mol. The van der Waals surface area contributed by atoms with Crippen LogP contribution in [0.5, 0.6) is 0 Å². The molecule has 0 spiro atoms. The van der Waals surface area contributed by atoms with Gasteiger partial charge in [-0.3, -0.25) is 4.79 Å². The topological polar surface area (TPSA) is 75.3 Å². The van der Waals surface area contributed by atoms with Crippen molar-refractivity contribution in [1.82, 2.24) is 10.0 Å². The first-order chi connectivity index (χ1) is 8.31. The predicted molar refractivity (Wildman–Crippen MR) is 71.9 cm³/mol. The van der Waals surface area contributed by atoms with Crippen LogP contribution in [0.3, 0.4) is 0 Å². The molecule has 0 bridgehead atoms. The number of thiophene rings is 1. The fourth-order valence-electron chi connectivity index (χ4n) is 1.16.